The van der Waals surface area contributed by atoms with Gasteiger partial charge in [-0.05, 0) is 45.2 Å². The Labute approximate surface area is 105 Å². The van der Waals surface area contributed by atoms with Gasteiger partial charge < -0.3 is 5.32 Å². The highest BCUT2D eigenvalue weighted by atomic mass is 15.3. The molecule has 1 N–H and O–H groups in total. The molecule has 2 rings (SSSR count). The molecule has 1 heterocycles. The third kappa shape index (κ3) is 2.71. The van der Waals surface area contributed by atoms with Crippen molar-refractivity contribution in [3.63, 3.8) is 0 Å². The van der Waals surface area contributed by atoms with Crippen LogP contribution in [0, 0.1) is 5.92 Å². The molecule has 17 heavy (non-hydrogen) atoms. The van der Waals surface area contributed by atoms with Crippen molar-refractivity contribution in [3.8, 4) is 0 Å². The maximum absolute atomic E-state index is 4.63. The van der Waals surface area contributed by atoms with Crippen LogP contribution in [0.25, 0.3) is 0 Å². The number of nitrogens with one attached hydrogen (secondary N) is 1. The Bertz CT molecular complexity index is 352. The molecule has 1 aliphatic carbocycles. The predicted molar refractivity (Wildman–Crippen MR) is 71.2 cm³/mol. The van der Waals surface area contributed by atoms with E-state index in [1.165, 1.54) is 30.7 Å². The lowest BCUT2D eigenvalue weighted by molar-refractivity contribution is 0.233. The number of nitrogens with zero attached hydrogens (tertiary/aromatic N) is 2. The Morgan fingerprint density at radius 2 is 2.24 bits per heavy atom. The first-order valence-corrected chi connectivity index (χ1v) is 7.01. The van der Waals surface area contributed by atoms with Crippen molar-refractivity contribution in [1.82, 2.24) is 15.1 Å². The smallest absolute Gasteiger partial charge is 0.0624 e. The maximum atomic E-state index is 4.63. The molecule has 1 unspecified atom stereocenters. The van der Waals surface area contributed by atoms with Crippen LogP contribution < -0.4 is 5.32 Å². The van der Waals surface area contributed by atoms with E-state index in [1.54, 1.807) is 0 Å². The third-order valence-corrected chi connectivity index (χ3v) is 4.09. The molecule has 0 aliphatic heterocycles. The van der Waals surface area contributed by atoms with Crippen LogP contribution in [0.3, 0.4) is 0 Å². The molecule has 3 heteroatoms. The molecule has 1 aromatic rings. The molecular formula is C14H25N3. The fourth-order valence-corrected chi connectivity index (χ4v) is 2.70. The molecule has 0 saturated heterocycles. The van der Waals surface area contributed by atoms with Crippen LogP contribution in [0.15, 0.2) is 6.07 Å². The zero-order valence-electron chi connectivity index (χ0n) is 11.4. The highest BCUT2D eigenvalue weighted by Crippen LogP contribution is 2.31. The Morgan fingerprint density at radius 3 is 2.71 bits per heavy atom. The number of hydrogen-bond donors (Lipinski definition) is 1. The van der Waals surface area contributed by atoms with E-state index in [4.69, 9.17) is 0 Å². The van der Waals surface area contributed by atoms with E-state index in [2.05, 4.69) is 42.1 Å². The first kappa shape index (κ1) is 12.6. The summed E-state index contributed by atoms with van der Waals surface area (Å²) in [6.07, 6.45) is 6.37. The molecular weight excluding hydrogens is 210 g/mol. The zero-order chi connectivity index (χ0) is 12.3. The van der Waals surface area contributed by atoms with Crippen molar-refractivity contribution < 1.29 is 0 Å². The van der Waals surface area contributed by atoms with E-state index in [0.717, 1.165) is 25.3 Å². The normalized spacial score (nSPS) is 18.1. The topological polar surface area (TPSA) is 29.9 Å². The van der Waals surface area contributed by atoms with E-state index in [9.17, 15) is 0 Å². The van der Waals surface area contributed by atoms with E-state index in [1.807, 2.05) is 0 Å². The highest BCUT2D eigenvalue weighted by Gasteiger charge is 2.27. The summed E-state index contributed by atoms with van der Waals surface area (Å²) in [6.45, 7) is 5.33. The monoisotopic (exact) mass is 235 g/mol. The number of hydrogen-bond acceptors (Lipinski definition) is 2. The summed E-state index contributed by atoms with van der Waals surface area (Å²) in [5.74, 6) is 0.880. The van der Waals surface area contributed by atoms with Gasteiger partial charge >= 0.3 is 0 Å². The second kappa shape index (κ2) is 5.67. The second-order valence-electron chi connectivity index (χ2n) is 5.09. The SMILES string of the molecule is CCc1cc(CC(NC)C2CCC2)n(CC)n1. The first-order chi connectivity index (χ1) is 8.28. The summed E-state index contributed by atoms with van der Waals surface area (Å²) in [6, 6.07) is 2.92. The average molecular weight is 235 g/mol. The zero-order valence-corrected chi connectivity index (χ0v) is 11.4. The number of likely N-dealkylation sites (N-methyl/N-ethyl adjacent to an activating group) is 1. The predicted octanol–water partition coefficient (Wildman–Crippen LogP) is 2.40. The number of aryl methyl sites for hydroxylation is 2. The Kier molecular flexibility index (Phi) is 4.21. The molecule has 0 radical (unpaired) electrons. The molecule has 1 aromatic heterocycles. The summed E-state index contributed by atoms with van der Waals surface area (Å²) in [5.41, 5.74) is 2.63. The van der Waals surface area contributed by atoms with Gasteiger partial charge in [-0.15, -0.1) is 0 Å². The lowest BCUT2D eigenvalue weighted by Crippen LogP contribution is -2.39. The molecule has 0 amide bonds. The molecule has 96 valence electrons. The van der Waals surface area contributed by atoms with Gasteiger partial charge in [0.05, 0.1) is 5.69 Å². The second-order valence-corrected chi connectivity index (χ2v) is 5.09. The molecule has 0 aromatic carbocycles. The minimum absolute atomic E-state index is 0.635. The lowest BCUT2D eigenvalue weighted by Gasteiger charge is -2.33. The van der Waals surface area contributed by atoms with Crippen LogP contribution in [0.2, 0.25) is 0 Å². The van der Waals surface area contributed by atoms with Gasteiger partial charge in [-0.3, -0.25) is 4.68 Å². The molecule has 3 nitrogen and oxygen atoms in total. The minimum atomic E-state index is 0.635. The van der Waals surface area contributed by atoms with Crippen molar-refractivity contribution in [1.29, 1.82) is 0 Å². The fourth-order valence-electron chi connectivity index (χ4n) is 2.70. The van der Waals surface area contributed by atoms with Gasteiger partial charge in [0, 0.05) is 24.7 Å². The van der Waals surface area contributed by atoms with Gasteiger partial charge in [0.25, 0.3) is 0 Å². The summed E-state index contributed by atoms with van der Waals surface area (Å²) >= 11 is 0. The van der Waals surface area contributed by atoms with Crippen molar-refractivity contribution in [2.45, 2.75) is 58.5 Å². The Balaban J connectivity index is 2.07. The van der Waals surface area contributed by atoms with Crippen LogP contribution in [-0.2, 0) is 19.4 Å². The van der Waals surface area contributed by atoms with Crippen LogP contribution in [0.1, 0.15) is 44.5 Å². The van der Waals surface area contributed by atoms with Gasteiger partial charge in [-0.25, -0.2) is 0 Å². The minimum Gasteiger partial charge on any atom is -0.316 e. The molecule has 1 saturated carbocycles. The quantitative estimate of drug-likeness (QED) is 0.820. The van der Waals surface area contributed by atoms with Gasteiger partial charge in [-0.1, -0.05) is 13.3 Å². The Morgan fingerprint density at radius 1 is 1.47 bits per heavy atom. The van der Waals surface area contributed by atoms with Crippen molar-refractivity contribution >= 4 is 0 Å². The lowest BCUT2D eigenvalue weighted by atomic mass is 9.78. The van der Waals surface area contributed by atoms with Crippen molar-refractivity contribution in [2.75, 3.05) is 7.05 Å². The standard InChI is InChI=1S/C14H25N3/c1-4-12-9-13(17(5-2)16-12)10-14(15-3)11-7-6-8-11/h9,11,14-15H,4-8,10H2,1-3H3. The fraction of sp³-hybridized carbons (Fsp3) is 0.786. The van der Waals surface area contributed by atoms with Crippen LogP contribution in [0.5, 0.6) is 0 Å². The van der Waals surface area contributed by atoms with E-state index in [-0.39, 0.29) is 0 Å². The van der Waals surface area contributed by atoms with Gasteiger partial charge in [0.15, 0.2) is 0 Å². The number of rotatable bonds is 6. The van der Waals surface area contributed by atoms with Gasteiger partial charge in [-0.2, -0.15) is 5.10 Å². The largest absolute Gasteiger partial charge is 0.316 e. The molecule has 1 aliphatic rings. The summed E-state index contributed by atoms with van der Waals surface area (Å²) in [5, 5.41) is 8.12. The molecule has 0 bridgehead atoms. The summed E-state index contributed by atoms with van der Waals surface area (Å²) < 4.78 is 2.17. The van der Waals surface area contributed by atoms with Crippen molar-refractivity contribution in [2.24, 2.45) is 5.92 Å². The van der Waals surface area contributed by atoms with Crippen LogP contribution in [0.4, 0.5) is 0 Å². The maximum Gasteiger partial charge on any atom is 0.0624 e. The number of aromatic nitrogens is 2. The van der Waals surface area contributed by atoms with E-state index < -0.39 is 0 Å². The molecule has 0 spiro atoms. The first-order valence-electron chi connectivity index (χ1n) is 7.01. The molecule has 1 fully saturated rings. The molecule has 1 atom stereocenters. The summed E-state index contributed by atoms with van der Waals surface area (Å²) in [4.78, 5) is 0. The Hall–Kier alpha value is -0.830. The van der Waals surface area contributed by atoms with Gasteiger partial charge in [0.2, 0.25) is 0 Å². The van der Waals surface area contributed by atoms with Gasteiger partial charge in [0.1, 0.15) is 0 Å². The van der Waals surface area contributed by atoms with Crippen LogP contribution in [-0.4, -0.2) is 22.9 Å². The average Bonchev–Trinajstić information content (AvgIpc) is 2.68. The van der Waals surface area contributed by atoms with Crippen LogP contribution >= 0.6 is 0 Å². The highest BCUT2D eigenvalue weighted by molar-refractivity contribution is 5.12. The van der Waals surface area contributed by atoms with E-state index in [0.29, 0.717) is 6.04 Å². The van der Waals surface area contributed by atoms with Crippen molar-refractivity contribution in [3.05, 3.63) is 17.5 Å². The van der Waals surface area contributed by atoms with E-state index >= 15 is 0 Å². The summed E-state index contributed by atoms with van der Waals surface area (Å²) in [7, 11) is 2.09. The third-order valence-electron chi connectivity index (χ3n) is 4.09.